The molecule has 0 bridgehead atoms. The van der Waals surface area contributed by atoms with E-state index < -0.39 is 71.2 Å². The van der Waals surface area contributed by atoms with Crippen LogP contribution in [0, 0.1) is 23.2 Å². The van der Waals surface area contributed by atoms with E-state index in [-0.39, 0.29) is 25.2 Å². The second-order valence-electron chi connectivity index (χ2n) is 13.9. The Morgan fingerprint density at radius 1 is 0.836 bits per heavy atom. The topological polar surface area (TPSA) is 211 Å². The number of hydrogen-bond acceptors (Lipinski definition) is 10. The number of carboxylic acids is 2. The Balaban J connectivity index is 3.40. The maximum absolute atomic E-state index is 14.1. The number of carbonyl (C=O) groups is 7. The summed E-state index contributed by atoms with van der Waals surface area (Å²) < 4.78 is 10.4. The monoisotopic (exact) mass is 769 g/mol. The van der Waals surface area contributed by atoms with Crippen LogP contribution in [0.5, 0.6) is 5.75 Å². The van der Waals surface area contributed by atoms with Gasteiger partial charge in [-0.05, 0) is 64.2 Å². The summed E-state index contributed by atoms with van der Waals surface area (Å²) in [6.45, 7) is 5.92. The number of rotatable bonds is 29. The van der Waals surface area contributed by atoms with Crippen molar-refractivity contribution in [2.24, 2.45) is 11.3 Å². The van der Waals surface area contributed by atoms with E-state index in [1.54, 1.807) is 31.2 Å². The van der Waals surface area contributed by atoms with Crippen molar-refractivity contribution in [3.63, 3.8) is 0 Å². The first-order valence-electron chi connectivity index (χ1n) is 18.9. The van der Waals surface area contributed by atoms with E-state index in [2.05, 4.69) is 24.1 Å². The van der Waals surface area contributed by atoms with Crippen LogP contribution in [-0.4, -0.2) is 81.8 Å². The number of aliphatic hydroxyl groups is 1. The molecule has 0 saturated carbocycles. The van der Waals surface area contributed by atoms with Gasteiger partial charge in [0.25, 0.3) is 0 Å². The van der Waals surface area contributed by atoms with E-state index in [0.29, 0.717) is 43.4 Å². The third-order valence-electron chi connectivity index (χ3n) is 9.42. The van der Waals surface area contributed by atoms with E-state index in [9.17, 15) is 48.9 Å². The Kier molecular flexibility index (Phi) is 22.2. The van der Waals surface area contributed by atoms with Crippen molar-refractivity contribution in [2.45, 2.75) is 136 Å². The molecule has 304 valence electrons. The number of methoxy groups -OCH3 is 1. The second-order valence-corrected chi connectivity index (χ2v) is 13.9. The number of ether oxygens (including phenoxy) is 2. The molecule has 0 fully saturated rings. The quantitative estimate of drug-likeness (QED) is 0.0341. The van der Waals surface area contributed by atoms with E-state index in [0.717, 1.165) is 65.6 Å². The fourth-order valence-corrected chi connectivity index (χ4v) is 6.52. The SMILES string of the molecule is CC#CCOc1ccc(C[C@H](NC(=O)[C@@H](C=CCCCCCCC(=O)CCCCCCC)[C@@](O)(C(=O)O)C(CC(C)=O)(CC(C)=O)C(=O)O)C(=O)OC)cc1. The highest BCUT2D eigenvalue weighted by atomic mass is 16.5. The highest BCUT2D eigenvalue weighted by molar-refractivity contribution is 6.01. The number of carboxylic acid groups (broad SMARTS) is 2. The fourth-order valence-electron chi connectivity index (χ4n) is 6.52. The van der Waals surface area contributed by atoms with Gasteiger partial charge in [-0.15, -0.1) is 5.92 Å². The van der Waals surface area contributed by atoms with Gasteiger partial charge in [0.15, 0.2) is 5.60 Å². The molecule has 55 heavy (non-hydrogen) atoms. The largest absolute Gasteiger partial charge is 0.481 e. The minimum atomic E-state index is -3.55. The number of ketones is 3. The number of benzene rings is 1. The van der Waals surface area contributed by atoms with Crippen molar-refractivity contribution in [1.29, 1.82) is 0 Å². The van der Waals surface area contributed by atoms with Gasteiger partial charge in [-0.3, -0.25) is 24.0 Å². The van der Waals surface area contributed by atoms with Crippen LogP contribution >= 0.6 is 0 Å². The van der Waals surface area contributed by atoms with Crippen molar-refractivity contribution in [1.82, 2.24) is 5.32 Å². The number of nitrogens with one attached hydrogen (secondary N) is 1. The average Bonchev–Trinajstić information content (AvgIpc) is 3.13. The standard InChI is InChI=1S/C42H59NO12/c1-6-8-10-13-16-19-33(46)20-17-14-11-12-15-18-21-35(42(53,40(51)52)41(39(49)50,28-30(3)44)29-31(4)45)37(47)43-36(38(48)54-5)27-32-22-24-34(25-23-32)55-26-9-7-2/h18,21-25,35-36,53H,6,8,10-17,19-20,26-29H2,1-5H3,(H,43,47)(H,49,50)(H,51,52)/t35-,36+,42-/m1/s1. The second kappa shape index (κ2) is 25.3. The number of unbranched alkanes of at least 4 members (excludes halogenated alkanes) is 8. The van der Waals surface area contributed by atoms with Crippen molar-refractivity contribution in [3.05, 3.63) is 42.0 Å². The molecule has 1 rings (SSSR count). The molecule has 0 aromatic heterocycles. The van der Waals surface area contributed by atoms with Crippen LogP contribution in [-0.2, 0) is 44.7 Å². The lowest BCUT2D eigenvalue weighted by atomic mass is 9.60. The molecule has 13 heteroatoms. The van der Waals surface area contributed by atoms with E-state index in [1.165, 1.54) is 6.08 Å². The predicted molar refractivity (Wildman–Crippen MR) is 205 cm³/mol. The molecule has 0 aliphatic carbocycles. The van der Waals surface area contributed by atoms with Crippen molar-refractivity contribution < 1.29 is 58.4 Å². The summed E-state index contributed by atoms with van der Waals surface area (Å²) in [7, 11) is 1.08. The molecule has 0 unspecified atom stereocenters. The zero-order valence-corrected chi connectivity index (χ0v) is 32.9. The summed E-state index contributed by atoms with van der Waals surface area (Å²) in [5.74, 6) is -3.99. The van der Waals surface area contributed by atoms with E-state index in [4.69, 9.17) is 9.47 Å². The number of amides is 1. The number of hydrogen-bond donors (Lipinski definition) is 4. The zero-order chi connectivity index (χ0) is 41.4. The minimum absolute atomic E-state index is 0.151. The number of carbonyl (C=O) groups excluding carboxylic acids is 5. The van der Waals surface area contributed by atoms with Crippen LogP contribution in [0.1, 0.15) is 123 Å². The molecule has 1 aromatic rings. The zero-order valence-electron chi connectivity index (χ0n) is 32.9. The lowest BCUT2D eigenvalue weighted by Gasteiger charge is -2.43. The third-order valence-corrected chi connectivity index (χ3v) is 9.42. The molecule has 1 aromatic carbocycles. The lowest BCUT2D eigenvalue weighted by Crippen LogP contribution is -2.66. The number of allylic oxidation sites excluding steroid dienone is 1. The molecule has 0 radical (unpaired) electrons. The maximum Gasteiger partial charge on any atom is 0.338 e. The summed E-state index contributed by atoms with van der Waals surface area (Å²) in [4.78, 5) is 90.1. The molecule has 0 heterocycles. The molecule has 0 saturated heterocycles. The first-order chi connectivity index (χ1) is 26.1. The van der Waals surface area contributed by atoms with Crippen molar-refractivity contribution in [2.75, 3.05) is 13.7 Å². The summed E-state index contributed by atoms with van der Waals surface area (Å²) in [5.41, 5.74) is -5.98. The van der Waals surface area contributed by atoms with Gasteiger partial charge < -0.3 is 30.1 Å². The van der Waals surface area contributed by atoms with Crippen LogP contribution in [0.4, 0.5) is 0 Å². The molecule has 0 aliphatic heterocycles. The van der Waals surface area contributed by atoms with Gasteiger partial charge in [-0.2, -0.15) is 0 Å². The average molecular weight is 770 g/mol. The maximum atomic E-state index is 14.1. The van der Waals surface area contributed by atoms with Gasteiger partial charge in [-0.1, -0.05) is 75.7 Å². The van der Waals surface area contributed by atoms with Crippen LogP contribution in [0.15, 0.2) is 36.4 Å². The van der Waals surface area contributed by atoms with E-state index in [1.807, 2.05) is 0 Å². The van der Waals surface area contributed by atoms with Gasteiger partial charge in [0.05, 0.1) is 13.0 Å². The van der Waals surface area contributed by atoms with Crippen LogP contribution in [0.25, 0.3) is 0 Å². The molecule has 4 N–H and O–H groups in total. The Labute approximate surface area is 324 Å². The summed E-state index contributed by atoms with van der Waals surface area (Å²) in [6, 6.07) is 5.07. The Morgan fingerprint density at radius 3 is 1.89 bits per heavy atom. The molecule has 0 spiro atoms. The Hall–Kier alpha value is -4.83. The molecule has 3 atom stereocenters. The number of esters is 1. The normalized spacial score (nSPS) is 13.4. The Morgan fingerprint density at radius 2 is 1.40 bits per heavy atom. The van der Waals surface area contributed by atoms with Gasteiger partial charge in [0.1, 0.15) is 41.2 Å². The summed E-state index contributed by atoms with van der Waals surface area (Å²) in [5, 5.41) is 35.5. The number of aliphatic carboxylic acids is 2. The lowest BCUT2D eigenvalue weighted by molar-refractivity contribution is -0.200. The van der Waals surface area contributed by atoms with E-state index >= 15 is 0 Å². The third kappa shape index (κ3) is 15.8. The van der Waals surface area contributed by atoms with Crippen LogP contribution in [0.2, 0.25) is 0 Å². The minimum Gasteiger partial charge on any atom is -0.481 e. The van der Waals surface area contributed by atoms with Gasteiger partial charge >= 0.3 is 17.9 Å². The highest BCUT2D eigenvalue weighted by Gasteiger charge is 2.66. The van der Waals surface area contributed by atoms with Crippen molar-refractivity contribution >= 4 is 41.2 Å². The first-order valence-corrected chi connectivity index (χ1v) is 18.9. The smallest absolute Gasteiger partial charge is 0.338 e. The number of Topliss-reactive ketones (excluding diaryl/α,β-unsaturated/α-hetero) is 3. The molecule has 1 amide bonds. The molecule has 13 nitrogen and oxygen atoms in total. The van der Waals surface area contributed by atoms with Crippen LogP contribution in [0.3, 0.4) is 0 Å². The summed E-state index contributed by atoms with van der Waals surface area (Å²) in [6.07, 6.45) is 9.54. The molecular weight excluding hydrogens is 710 g/mol. The van der Waals surface area contributed by atoms with Crippen LogP contribution < -0.4 is 10.1 Å². The van der Waals surface area contributed by atoms with Gasteiger partial charge in [0, 0.05) is 32.1 Å². The van der Waals surface area contributed by atoms with Crippen molar-refractivity contribution in [3.8, 4) is 17.6 Å². The predicted octanol–water partition coefficient (Wildman–Crippen LogP) is 5.58. The highest BCUT2D eigenvalue weighted by Crippen LogP contribution is 2.45. The van der Waals surface area contributed by atoms with Gasteiger partial charge in [0.2, 0.25) is 5.91 Å². The summed E-state index contributed by atoms with van der Waals surface area (Å²) >= 11 is 0. The first kappa shape index (κ1) is 48.2. The fraction of sp³-hybridized carbons (Fsp3) is 0.595. The molecule has 0 aliphatic rings. The molecular formula is C42H59NO12. The Bertz CT molecular complexity index is 1520. The van der Waals surface area contributed by atoms with Gasteiger partial charge in [-0.25, -0.2) is 9.59 Å².